The molecule has 0 heterocycles. The van der Waals surface area contributed by atoms with Gasteiger partial charge in [0.15, 0.2) is 0 Å². The molecular weight excluding hydrogens is 323 g/mol. The van der Waals surface area contributed by atoms with E-state index in [9.17, 15) is 14.0 Å². The summed E-state index contributed by atoms with van der Waals surface area (Å²) in [5, 5.41) is 8.89. The van der Waals surface area contributed by atoms with Crippen LogP contribution in [0.3, 0.4) is 0 Å². The number of esters is 1. The first kappa shape index (κ1) is 18.4. The number of hydrogen-bond donors (Lipinski definition) is 1. The number of benzene rings is 2. The van der Waals surface area contributed by atoms with Crippen molar-refractivity contribution in [2.24, 2.45) is 0 Å². The summed E-state index contributed by atoms with van der Waals surface area (Å²) in [6.45, 7) is 5.30. The van der Waals surface area contributed by atoms with Crippen LogP contribution in [0, 0.1) is 5.82 Å². The Morgan fingerprint density at radius 3 is 2.24 bits per heavy atom. The average Bonchev–Trinajstić information content (AvgIpc) is 2.51. The highest BCUT2D eigenvalue weighted by molar-refractivity contribution is 5.88. The molecule has 130 valence electrons. The lowest BCUT2D eigenvalue weighted by molar-refractivity contribution is -0.148. The largest absolute Gasteiger partial charge is 0.478 e. The number of carboxylic acid groups (broad SMARTS) is 1. The van der Waals surface area contributed by atoms with Gasteiger partial charge in [0, 0.05) is 11.6 Å². The standard InChI is InChI=1S/C20H19FO4/c1-20(2,3)25-18(22)11-5-13-4-10-16(17(21)12-13)14-6-8-15(9-7-14)19(23)24/h4-12H,1-3H3,(H,23,24). The Balaban J connectivity index is 2.17. The van der Waals surface area contributed by atoms with Gasteiger partial charge in [-0.1, -0.05) is 24.3 Å². The van der Waals surface area contributed by atoms with Gasteiger partial charge >= 0.3 is 11.9 Å². The topological polar surface area (TPSA) is 63.6 Å². The van der Waals surface area contributed by atoms with Crippen LogP contribution in [0.25, 0.3) is 17.2 Å². The minimum atomic E-state index is -1.03. The predicted molar refractivity (Wildman–Crippen MR) is 93.7 cm³/mol. The quantitative estimate of drug-likeness (QED) is 0.654. The fourth-order valence-corrected chi connectivity index (χ4v) is 2.16. The zero-order chi connectivity index (χ0) is 18.6. The molecule has 0 spiro atoms. The van der Waals surface area contributed by atoms with E-state index >= 15 is 0 Å². The first-order valence-electron chi connectivity index (χ1n) is 7.70. The van der Waals surface area contributed by atoms with E-state index < -0.39 is 23.4 Å². The van der Waals surface area contributed by atoms with Crippen LogP contribution in [0.2, 0.25) is 0 Å². The van der Waals surface area contributed by atoms with Crippen molar-refractivity contribution in [2.45, 2.75) is 26.4 Å². The summed E-state index contributed by atoms with van der Waals surface area (Å²) in [4.78, 5) is 22.5. The Hall–Kier alpha value is -2.95. The SMILES string of the molecule is CC(C)(C)OC(=O)C=Cc1ccc(-c2ccc(C(=O)O)cc2)c(F)c1. The van der Waals surface area contributed by atoms with Crippen LogP contribution >= 0.6 is 0 Å². The van der Waals surface area contributed by atoms with Crippen molar-refractivity contribution in [1.29, 1.82) is 0 Å². The third-order valence-electron chi connectivity index (χ3n) is 3.25. The van der Waals surface area contributed by atoms with E-state index in [-0.39, 0.29) is 5.56 Å². The van der Waals surface area contributed by atoms with E-state index in [0.717, 1.165) is 0 Å². The maximum atomic E-state index is 14.3. The van der Waals surface area contributed by atoms with Crippen molar-refractivity contribution >= 4 is 18.0 Å². The van der Waals surface area contributed by atoms with Gasteiger partial charge in [0.1, 0.15) is 11.4 Å². The highest BCUT2D eigenvalue weighted by Crippen LogP contribution is 2.24. The van der Waals surface area contributed by atoms with Crippen LogP contribution in [-0.4, -0.2) is 22.6 Å². The highest BCUT2D eigenvalue weighted by atomic mass is 19.1. The van der Waals surface area contributed by atoms with Crippen molar-refractivity contribution in [1.82, 2.24) is 0 Å². The average molecular weight is 342 g/mol. The number of carbonyl (C=O) groups is 2. The second-order valence-corrected chi connectivity index (χ2v) is 6.49. The van der Waals surface area contributed by atoms with Crippen molar-refractivity contribution in [3.63, 3.8) is 0 Å². The summed E-state index contributed by atoms with van der Waals surface area (Å²) >= 11 is 0. The van der Waals surface area contributed by atoms with Crippen molar-refractivity contribution in [3.05, 3.63) is 65.5 Å². The molecule has 0 bridgehead atoms. The van der Waals surface area contributed by atoms with Gasteiger partial charge in [-0.25, -0.2) is 14.0 Å². The number of halogens is 1. The monoisotopic (exact) mass is 342 g/mol. The molecule has 0 atom stereocenters. The van der Waals surface area contributed by atoms with Gasteiger partial charge in [-0.15, -0.1) is 0 Å². The smallest absolute Gasteiger partial charge is 0.335 e. The minimum Gasteiger partial charge on any atom is -0.478 e. The summed E-state index contributed by atoms with van der Waals surface area (Å²) < 4.78 is 19.5. The second-order valence-electron chi connectivity index (χ2n) is 6.49. The van der Waals surface area contributed by atoms with Crippen LogP contribution in [0.15, 0.2) is 48.5 Å². The predicted octanol–water partition coefficient (Wildman–Crippen LogP) is 4.55. The molecular formula is C20H19FO4. The third-order valence-corrected chi connectivity index (χ3v) is 3.25. The summed E-state index contributed by atoms with van der Waals surface area (Å²) in [6.07, 6.45) is 2.73. The van der Waals surface area contributed by atoms with Crippen LogP contribution in [0.1, 0.15) is 36.7 Å². The Morgan fingerprint density at radius 1 is 1.08 bits per heavy atom. The van der Waals surface area contributed by atoms with Gasteiger partial charge < -0.3 is 9.84 Å². The summed E-state index contributed by atoms with van der Waals surface area (Å²) in [5.41, 5.74) is 1.01. The first-order valence-corrected chi connectivity index (χ1v) is 7.70. The second kappa shape index (κ2) is 7.30. The summed E-state index contributed by atoms with van der Waals surface area (Å²) in [6, 6.07) is 10.5. The molecule has 0 saturated heterocycles. The number of rotatable bonds is 4. The number of carbonyl (C=O) groups excluding carboxylic acids is 1. The lowest BCUT2D eigenvalue weighted by Crippen LogP contribution is -2.22. The fraction of sp³-hybridized carbons (Fsp3) is 0.200. The van der Waals surface area contributed by atoms with Crippen LogP contribution in [0.4, 0.5) is 4.39 Å². The fourth-order valence-electron chi connectivity index (χ4n) is 2.16. The normalized spacial score (nSPS) is 11.5. The van der Waals surface area contributed by atoms with Gasteiger partial charge in [0.05, 0.1) is 5.56 Å². The molecule has 4 nitrogen and oxygen atoms in total. The van der Waals surface area contributed by atoms with E-state index in [2.05, 4.69) is 0 Å². The molecule has 0 aliphatic rings. The maximum absolute atomic E-state index is 14.3. The van der Waals surface area contributed by atoms with Crippen molar-refractivity contribution < 1.29 is 23.8 Å². The van der Waals surface area contributed by atoms with Gasteiger partial charge in [-0.2, -0.15) is 0 Å². The highest BCUT2D eigenvalue weighted by Gasteiger charge is 2.14. The first-order chi connectivity index (χ1) is 11.7. The zero-order valence-corrected chi connectivity index (χ0v) is 14.2. The number of hydrogen-bond acceptors (Lipinski definition) is 3. The van der Waals surface area contributed by atoms with Gasteiger partial charge in [-0.3, -0.25) is 0 Å². The molecule has 0 saturated carbocycles. The molecule has 0 fully saturated rings. The van der Waals surface area contributed by atoms with Gasteiger partial charge in [0.25, 0.3) is 0 Å². The maximum Gasteiger partial charge on any atom is 0.335 e. The molecule has 0 amide bonds. The number of aromatic carboxylic acids is 1. The Labute approximate surface area is 145 Å². The molecule has 0 radical (unpaired) electrons. The Bertz CT molecular complexity index is 815. The van der Waals surface area contributed by atoms with E-state index in [1.54, 1.807) is 45.0 Å². The van der Waals surface area contributed by atoms with Crippen molar-refractivity contribution in [2.75, 3.05) is 0 Å². The molecule has 0 aromatic heterocycles. The Morgan fingerprint density at radius 2 is 1.72 bits per heavy atom. The van der Waals surface area contributed by atoms with E-state index in [4.69, 9.17) is 9.84 Å². The molecule has 0 unspecified atom stereocenters. The van der Waals surface area contributed by atoms with Crippen LogP contribution in [-0.2, 0) is 9.53 Å². The molecule has 0 aliphatic heterocycles. The van der Waals surface area contributed by atoms with Gasteiger partial charge in [-0.05, 0) is 56.2 Å². The molecule has 5 heteroatoms. The molecule has 25 heavy (non-hydrogen) atoms. The number of ether oxygens (including phenoxy) is 1. The lowest BCUT2D eigenvalue weighted by Gasteiger charge is -2.17. The van der Waals surface area contributed by atoms with E-state index in [0.29, 0.717) is 16.7 Å². The molecule has 1 N–H and O–H groups in total. The molecule has 0 aliphatic carbocycles. The van der Waals surface area contributed by atoms with E-state index in [1.165, 1.54) is 30.4 Å². The molecule has 2 aromatic rings. The number of carboxylic acids is 1. The van der Waals surface area contributed by atoms with Gasteiger partial charge in [0.2, 0.25) is 0 Å². The lowest BCUT2D eigenvalue weighted by atomic mass is 10.0. The molecule has 2 aromatic carbocycles. The Kier molecular flexibility index (Phi) is 5.37. The molecule has 2 rings (SSSR count). The van der Waals surface area contributed by atoms with Crippen LogP contribution in [0.5, 0.6) is 0 Å². The third kappa shape index (κ3) is 5.28. The van der Waals surface area contributed by atoms with E-state index in [1.807, 2.05) is 0 Å². The summed E-state index contributed by atoms with van der Waals surface area (Å²) in [7, 11) is 0. The minimum absolute atomic E-state index is 0.140. The van der Waals surface area contributed by atoms with Crippen LogP contribution < -0.4 is 0 Å². The zero-order valence-electron chi connectivity index (χ0n) is 14.2. The van der Waals surface area contributed by atoms with Crippen molar-refractivity contribution in [3.8, 4) is 11.1 Å². The summed E-state index contributed by atoms with van der Waals surface area (Å²) in [5.74, 6) is -2.00.